The third-order valence-corrected chi connectivity index (χ3v) is 7.65. The molecular formula is C10H16N5O13P3. The van der Waals surface area contributed by atoms with Gasteiger partial charge in [-0.3, -0.25) is 4.52 Å². The summed E-state index contributed by atoms with van der Waals surface area (Å²) in [6, 6.07) is 0. The number of ether oxygens (including phenoxy) is 1. The summed E-state index contributed by atoms with van der Waals surface area (Å²) in [5.74, 6) is -0.0106. The van der Waals surface area contributed by atoms with Gasteiger partial charge >= 0.3 is 29.2 Å². The maximum Gasteiger partial charge on any atom is 0.490 e. The highest BCUT2D eigenvalue weighted by Crippen LogP contribution is 2.66. The van der Waals surface area contributed by atoms with Crippen LogP contribution in [0.25, 0.3) is 11.2 Å². The molecule has 0 spiro atoms. The molecule has 31 heavy (non-hydrogen) atoms. The first-order valence-corrected chi connectivity index (χ1v) is 12.5. The molecule has 1 fully saturated rings. The number of rotatable bonds is 8. The van der Waals surface area contributed by atoms with Crippen LogP contribution in [0, 0.1) is 0 Å². The van der Waals surface area contributed by atoms with E-state index in [9.17, 15) is 28.5 Å². The number of H-pyrrole nitrogens is 1. The van der Waals surface area contributed by atoms with Crippen LogP contribution in [0.15, 0.2) is 11.1 Å². The van der Waals surface area contributed by atoms with Crippen molar-refractivity contribution in [2.45, 2.75) is 24.9 Å². The minimum atomic E-state index is -5.68. The number of aromatic amines is 1. The Morgan fingerprint density at radius 2 is 1.87 bits per heavy atom. The van der Waals surface area contributed by atoms with E-state index in [2.05, 4.69) is 28.1 Å². The number of nitrogens with two attached hydrogens (primary N) is 1. The molecule has 174 valence electrons. The molecule has 0 bridgehead atoms. The monoisotopic (exact) mass is 507 g/mol. The van der Waals surface area contributed by atoms with Gasteiger partial charge in [0.05, 0.1) is 12.7 Å². The summed E-state index contributed by atoms with van der Waals surface area (Å²) in [7, 11) is -16.6. The normalized spacial score (nSPS) is 26.0. The summed E-state index contributed by atoms with van der Waals surface area (Å²) in [5, 5.41) is 10.1. The Morgan fingerprint density at radius 1 is 1.19 bits per heavy atom. The molecule has 2 aromatic rings. The van der Waals surface area contributed by atoms with E-state index in [0.29, 0.717) is 0 Å². The fourth-order valence-electron chi connectivity index (χ4n) is 2.72. The van der Waals surface area contributed by atoms with Gasteiger partial charge in [-0.15, -0.1) is 0 Å². The summed E-state index contributed by atoms with van der Waals surface area (Å²) in [6.07, 6.45) is -2.82. The Hall–Kier alpha value is -1.52. The summed E-state index contributed by atoms with van der Waals surface area (Å²) >= 11 is 0. The summed E-state index contributed by atoms with van der Waals surface area (Å²) in [5.41, 5.74) is 5.17. The molecule has 2 unspecified atom stereocenters. The average Bonchev–Trinajstić information content (AvgIpc) is 3.09. The number of nitrogens with zero attached hydrogens (tertiary/aromatic N) is 3. The number of anilines is 1. The van der Waals surface area contributed by atoms with Crippen molar-refractivity contribution in [2.75, 3.05) is 12.3 Å². The Labute approximate surface area is 171 Å². The predicted molar refractivity (Wildman–Crippen MR) is 96.9 cm³/mol. The van der Waals surface area contributed by atoms with Crippen LogP contribution in [0.3, 0.4) is 0 Å². The number of phosphoric ester groups is 1. The molecule has 8 N–H and O–H groups in total. The van der Waals surface area contributed by atoms with E-state index in [1.54, 1.807) is 0 Å². The summed E-state index contributed by atoms with van der Waals surface area (Å²) in [6.45, 7) is -0.879. The molecule has 3 heterocycles. The summed E-state index contributed by atoms with van der Waals surface area (Å²) < 4.78 is 51.8. The number of phosphoric acid groups is 3. The fourth-order valence-corrected chi connectivity index (χ4v) is 5.75. The van der Waals surface area contributed by atoms with Crippen molar-refractivity contribution in [3.05, 3.63) is 16.8 Å². The van der Waals surface area contributed by atoms with Gasteiger partial charge in [0.1, 0.15) is 24.2 Å². The smallest absolute Gasteiger partial charge is 0.390 e. The van der Waals surface area contributed by atoms with Crippen molar-refractivity contribution in [2.24, 2.45) is 0 Å². The number of imidazole rings is 1. The maximum absolute atomic E-state index is 12.2. The predicted octanol–water partition coefficient (Wildman–Crippen LogP) is -1.31. The number of aliphatic hydroxyl groups excluding tert-OH is 1. The van der Waals surface area contributed by atoms with E-state index in [4.69, 9.17) is 25.2 Å². The van der Waals surface area contributed by atoms with E-state index in [-0.39, 0.29) is 23.4 Å². The molecule has 21 heteroatoms. The first-order chi connectivity index (χ1) is 14.2. The Bertz CT molecular complexity index is 1170. The van der Waals surface area contributed by atoms with Crippen molar-refractivity contribution >= 4 is 40.4 Å². The van der Waals surface area contributed by atoms with E-state index in [1.165, 1.54) is 0 Å². The van der Waals surface area contributed by atoms with Crippen molar-refractivity contribution < 1.29 is 56.3 Å². The van der Waals surface area contributed by atoms with Crippen molar-refractivity contribution in [3.8, 4) is 0 Å². The minimum absolute atomic E-state index is 0.0106. The van der Waals surface area contributed by atoms with Gasteiger partial charge in [0.15, 0.2) is 11.5 Å². The standard InChI is InChI=1S/C10H16N5O13P3/c11-8-7-9(13-3-12-8)15(10(17)14-7)6-1-4(16)5(26-6)2-25-30(21,22)28-31(23,24)27-29(18,19)20/h3-6,16H,1-2H2,(H,14,17)(H,21,22)(H,23,24)(H2,11,12,13)(H2,18,19,20)/t4-,5+,6+/m0/s1. The lowest BCUT2D eigenvalue weighted by molar-refractivity contribution is -0.0432. The number of nitrogens with one attached hydrogen (secondary N) is 1. The zero-order valence-corrected chi connectivity index (χ0v) is 17.7. The summed E-state index contributed by atoms with van der Waals surface area (Å²) in [4.78, 5) is 57.9. The van der Waals surface area contributed by atoms with Gasteiger partial charge in [0, 0.05) is 6.42 Å². The minimum Gasteiger partial charge on any atom is -0.390 e. The molecule has 0 saturated carbocycles. The molecule has 0 aliphatic carbocycles. The molecule has 1 saturated heterocycles. The van der Waals surface area contributed by atoms with Gasteiger partial charge in [-0.1, -0.05) is 0 Å². The van der Waals surface area contributed by atoms with Gasteiger partial charge in [-0.05, 0) is 0 Å². The van der Waals surface area contributed by atoms with E-state index >= 15 is 0 Å². The number of hydrogen-bond donors (Lipinski definition) is 7. The van der Waals surface area contributed by atoms with Crippen LogP contribution in [0.1, 0.15) is 12.6 Å². The zero-order chi connectivity index (χ0) is 23.2. The first kappa shape index (κ1) is 24.1. The Morgan fingerprint density at radius 3 is 2.52 bits per heavy atom. The fraction of sp³-hybridized carbons (Fsp3) is 0.500. The molecule has 0 amide bonds. The third-order valence-electron chi connectivity index (χ3n) is 3.85. The van der Waals surface area contributed by atoms with Gasteiger partial charge in [0.25, 0.3) is 0 Å². The number of fused-ring (bicyclic) bond motifs is 1. The quantitative estimate of drug-likeness (QED) is 0.204. The van der Waals surface area contributed by atoms with E-state index in [0.717, 1.165) is 10.9 Å². The third kappa shape index (κ3) is 5.84. The van der Waals surface area contributed by atoms with Crippen LogP contribution in [0.2, 0.25) is 0 Å². The Balaban J connectivity index is 1.69. The van der Waals surface area contributed by atoms with Gasteiger partial charge in [-0.25, -0.2) is 33.0 Å². The molecule has 2 aromatic heterocycles. The lowest BCUT2D eigenvalue weighted by Gasteiger charge is -2.19. The number of aliphatic hydroxyl groups is 1. The van der Waals surface area contributed by atoms with Crippen molar-refractivity contribution in [1.82, 2.24) is 19.5 Å². The molecule has 0 aromatic carbocycles. The highest BCUT2D eigenvalue weighted by molar-refractivity contribution is 7.66. The maximum atomic E-state index is 12.2. The molecule has 5 atom stereocenters. The van der Waals surface area contributed by atoms with Crippen LogP contribution in [0.5, 0.6) is 0 Å². The van der Waals surface area contributed by atoms with E-state index in [1.807, 2.05) is 0 Å². The highest BCUT2D eigenvalue weighted by Gasteiger charge is 2.43. The molecule has 1 aliphatic rings. The van der Waals surface area contributed by atoms with Crippen LogP contribution in [0.4, 0.5) is 5.82 Å². The second-order valence-corrected chi connectivity index (χ2v) is 10.5. The molecule has 0 radical (unpaired) electrons. The van der Waals surface area contributed by atoms with Crippen LogP contribution < -0.4 is 11.4 Å². The molecule has 3 rings (SSSR count). The van der Waals surface area contributed by atoms with Crippen molar-refractivity contribution in [1.29, 1.82) is 0 Å². The highest BCUT2D eigenvalue weighted by atomic mass is 31.3. The molecule has 1 aliphatic heterocycles. The van der Waals surface area contributed by atoms with Gasteiger partial charge in [-0.2, -0.15) is 8.62 Å². The zero-order valence-electron chi connectivity index (χ0n) is 15.0. The molecule has 18 nitrogen and oxygen atoms in total. The number of aromatic nitrogens is 4. The SMILES string of the molecule is Nc1ncnc2c1[nH]c(=O)n2[C@H]1C[C@H](O)[C@@H](COP(=O)(O)OP(=O)(O)OP(=O)(O)O)O1. The van der Waals surface area contributed by atoms with Gasteiger partial charge in [0.2, 0.25) is 0 Å². The Kier molecular flexibility index (Phi) is 6.57. The lowest BCUT2D eigenvalue weighted by atomic mass is 10.2. The second-order valence-electron chi connectivity index (χ2n) is 6.08. The van der Waals surface area contributed by atoms with Crippen LogP contribution in [-0.4, -0.2) is 63.0 Å². The van der Waals surface area contributed by atoms with E-state index < -0.39 is 54.2 Å². The molecular weight excluding hydrogens is 491 g/mol. The van der Waals surface area contributed by atoms with Crippen LogP contribution in [-0.2, 0) is 31.6 Å². The average molecular weight is 507 g/mol. The topological polar surface area (TPSA) is 279 Å². The van der Waals surface area contributed by atoms with Crippen LogP contribution >= 0.6 is 23.5 Å². The largest absolute Gasteiger partial charge is 0.490 e. The first-order valence-electron chi connectivity index (χ1n) is 8.00. The number of hydrogen-bond acceptors (Lipinski definition) is 12. The van der Waals surface area contributed by atoms with Gasteiger partial charge < -0.3 is 40.1 Å². The lowest BCUT2D eigenvalue weighted by Crippen LogP contribution is -2.26. The van der Waals surface area contributed by atoms with Crippen molar-refractivity contribution in [3.63, 3.8) is 0 Å². The second kappa shape index (κ2) is 8.44. The number of nitrogen functional groups attached to an aromatic ring is 1.